The highest BCUT2D eigenvalue weighted by molar-refractivity contribution is 6.15. The minimum Gasteiger partial charge on any atom is -0.344 e. The lowest BCUT2D eigenvalue weighted by Gasteiger charge is -2.08. The molecule has 0 aliphatic heterocycles. The van der Waals surface area contributed by atoms with Crippen molar-refractivity contribution < 1.29 is 0 Å². The highest BCUT2D eigenvalue weighted by Crippen LogP contribution is 2.40. The number of hydrogen-bond acceptors (Lipinski definition) is 0. The number of aryl methyl sites for hydroxylation is 8. The molecule has 0 N–H and O–H groups in total. The lowest BCUT2D eigenvalue weighted by atomic mass is 10.0. The summed E-state index contributed by atoms with van der Waals surface area (Å²) >= 11 is 0. The van der Waals surface area contributed by atoms with Gasteiger partial charge in [-0.15, -0.1) is 0 Å². The predicted molar refractivity (Wildman–Crippen MR) is 524 cm³/mol. The van der Waals surface area contributed by atoms with Crippen LogP contribution in [0.2, 0.25) is 0 Å². The van der Waals surface area contributed by atoms with Gasteiger partial charge >= 0.3 is 0 Å². The van der Waals surface area contributed by atoms with Gasteiger partial charge in [-0.2, -0.15) is 0 Å². The molecule has 0 aliphatic rings. The van der Waals surface area contributed by atoms with E-state index in [1.165, 1.54) is 209 Å². The Hall–Kier alpha value is -15.2. The highest BCUT2D eigenvalue weighted by Gasteiger charge is 2.18. The fraction of sp³-hybridized carbons (Fsp3) is 0.0690. The van der Waals surface area contributed by atoms with E-state index in [0.29, 0.717) is 0 Å². The third kappa shape index (κ3) is 14.7. The molecule has 6 aromatic heterocycles. The van der Waals surface area contributed by atoms with Crippen LogP contribution in [0, 0.1) is 34.6 Å². The Labute approximate surface area is 712 Å². The quantitative estimate of drug-likeness (QED) is 0.159. The number of benzene rings is 18. The van der Waals surface area contributed by atoms with E-state index >= 15 is 0 Å². The molecule has 0 amide bonds. The molecule has 0 spiro atoms. The first-order chi connectivity index (χ1) is 59.8. The van der Waals surface area contributed by atoms with Crippen LogP contribution in [0.1, 0.15) is 27.8 Å². The molecule has 0 bridgehead atoms. The summed E-state index contributed by atoms with van der Waals surface area (Å²) in [6, 6.07) is 151. The second-order valence-corrected chi connectivity index (χ2v) is 32.2. The zero-order chi connectivity index (χ0) is 82.9. The smallest absolute Gasteiger partial charge is 0.0543 e. The normalized spacial score (nSPS) is 11.3. The number of nitrogens with zero attached hydrogens (tertiary/aromatic N) is 6. The maximum atomic E-state index is 2.36. The molecule has 6 heteroatoms. The Bertz CT molecular complexity index is 7720. The van der Waals surface area contributed by atoms with Crippen molar-refractivity contribution in [1.29, 1.82) is 0 Å². The maximum Gasteiger partial charge on any atom is 0.0543 e. The molecule has 0 radical (unpaired) electrons. The van der Waals surface area contributed by atoms with Gasteiger partial charge in [-0.1, -0.05) is 295 Å². The summed E-state index contributed by atoms with van der Waals surface area (Å²) in [5, 5.41) is 15.9. The number of hydrogen-bond donors (Lipinski definition) is 0. The molecule has 6 heterocycles. The molecule has 18 aromatic carbocycles. The number of aromatic nitrogens is 6. The van der Waals surface area contributed by atoms with E-state index in [4.69, 9.17) is 0 Å². The van der Waals surface area contributed by atoms with Crippen molar-refractivity contribution >= 4 is 131 Å². The van der Waals surface area contributed by atoms with Crippen molar-refractivity contribution in [3.63, 3.8) is 0 Å². The second-order valence-electron chi connectivity index (χ2n) is 32.2. The van der Waals surface area contributed by atoms with Crippen LogP contribution < -0.4 is 0 Å². The van der Waals surface area contributed by atoms with Gasteiger partial charge in [0.25, 0.3) is 0 Å². The standard InChI is InChI=1S/2C25H19N.2C19H15N.C15H15N.C13H11N/c1-26-24-14-12-20(18-8-4-2-5-9-18)16-22(24)23-17-21(13-15-25(23)26)19-10-6-3-7-11-19;1-18-12-14-24-22(16-18)23-17-20(19-8-4-2-5-9-19)13-15-25(23)26(24)21-10-6-3-7-11-21;1-14-11-12-19-17(13-14)16-9-5-6-10-18(16)20(19)15-7-3-2-4-8-15;1-14-11-12-17-16-9-5-6-10-18(16)20(19(17)13-14)15-7-3-2-4-8-15;1-10-4-6-14-12(8-10)13-9-11(2)5-7-15(13)16(14)3;1-14-12-8-4-2-6-10(12)11-7-3-5-9-13(11)14/h2*2-17H,1H3;2*2-13H,1H3;4-9H,1-3H3;2-9H,1H3. The van der Waals surface area contributed by atoms with Crippen molar-refractivity contribution in [2.24, 2.45) is 21.1 Å². The molecule has 24 aromatic rings. The van der Waals surface area contributed by atoms with Crippen LogP contribution in [0.4, 0.5) is 0 Å². The van der Waals surface area contributed by atoms with E-state index in [-0.39, 0.29) is 0 Å². The second kappa shape index (κ2) is 33.3. The van der Waals surface area contributed by atoms with E-state index in [1.54, 1.807) is 0 Å². The fourth-order valence-electron chi connectivity index (χ4n) is 18.1. The lowest BCUT2D eigenvalue weighted by Crippen LogP contribution is -1.93. The molecule has 122 heavy (non-hydrogen) atoms. The van der Waals surface area contributed by atoms with Crippen LogP contribution >= 0.6 is 0 Å². The number of rotatable bonds is 6. The van der Waals surface area contributed by atoms with Crippen molar-refractivity contribution in [1.82, 2.24) is 27.4 Å². The molecule has 0 atom stereocenters. The summed E-state index contributed by atoms with van der Waals surface area (Å²) in [6.07, 6.45) is 0. The maximum absolute atomic E-state index is 2.36. The van der Waals surface area contributed by atoms with Gasteiger partial charge in [0.2, 0.25) is 0 Å². The average Bonchev–Trinajstić information content (AvgIpc) is 1.61. The van der Waals surface area contributed by atoms with Crippen LogP contribution in [0.5, 0.6) is 0 Å². The summed E-state index contributed by atoms with van der Waals surface area (Å²) in [7, 11) is 6.40. The van der Waals surface area contributed by atoms with Crippen LogP contribution in [0.25, 0.3) is 181 Å². The van der Waals surface area contributed by atoms with E-state index in [1.807, 2.05) is 0 Å². The summed E-state index contributed by atoms with van der Waals surface area (Å²) in [5.74, 6) is 0. The van der Waals surface area contributed by atoms with E-state index < -0.39 is 0 Å². The van der Waals surface area contributed by atoms with Gasteiger partial charge in [-0.05, 0) is 225 Å². The van der Waals surface area contributed by atoms with Crippen LogP contribution in [-0.4, -0.2) is 27.4 Å². The Morgan fingerprint density at radius 1 is 0.131 bits per heavy atom. The van der Waals surface area contributed by atoms with Crippen molar-refractivity contribution in [3.05, 3.63) is 452 Å². The Kier molecular flexibility index (Phi) is 20.9. The van der Waals surface area contributed by atoms with E-state index in [0.717, 1.165) is 0 Å². The summed E-state index contributed by atoms with van der Waals surface area (Å²) in [6.45, 7) is 10.7. The molecular weight excluding hydrogens is 1480 g/mol. The molecule has 0 fully saturated rings. The fourth-order valence-corrected chi connectivity index (χ4v) is 18.1. The van der Waals surface area contributed by atoms with Crippen LogP contribution in [0.3, 0.4) is 0 Å². The Morgan fingerprint density at radius 3 is 0.680 bits per heavy atom. The third-order valence-electron chi connectivity index (χ3n) is 24.1. The predicted octanol–water partition coefficient (Wildman–Crippen LogP) is 30.9. The molecule has 0 saturated heterocycles. The Balaban J connectivity index is 0.0000000976. The first-order valence-electron chi connectivity index (χ1n) is 42.1. The lowest BCUT2D eigenvalue weighted by molar-refractivity contribution is 1.01. The third-order valence-corrected chi connectivity index (χ3v) is 24.1. The summed E-state index contributed by atoms with van der Waals surface area (Å²) < 4.78 is 13.8. The van der Waals surface area contributed by atoms with E-state index in [9.17, 15) is 0 Å². The number of para-hydroxylation sites is 7. The minimum atomic E-state index is 1.20. The van der Waals surface area contributed by atoms with Crippen LogP contribution in [0.15, 0.2) is 425 Å². The summed E-state index contributed by atoms with van der Waals surface area (Å²) in [5.41, 5.74) is 33.0. The van der Waals surface area contributed by atoms with Gasteiger partial charge in [0.05, 0.1) is 33.1 Å². The zero-order valence-electron chi connectivity index (χ0n) is 70.1. The SMILES string of the molecule is Cc1ccc2c(c1)c1cc(-c3ccccc3)ccc1n2-c1ccccc1.Cc1ccc2c(c1)c1cc(C)ccc1n2C.Cc1ccc2c(c1)c1ccccc1n2-c1ccccc1.Cc1ccc2c3ccccc3n(-c3ccccc3)c2c1.Cn1c2ccc(-c3ccccc3)cc2c2cc(-c3ccccc3)ccc21.Cn1c2ccccc2c2ccccc21. The van der Waals surface area contributed by atoms with Gasteiger partial charge in [-0.25, -0.2) is 0 Å². The van der Waals surface area contributed by atoms with Gasteiger partial charge in [0.15, 0.2) is 0 Å². The van der Waals surface area contributed by atoms with Gasteiger partial charge in [0.1, 0.15) is 0 Å². The largest absolute Gasteiger partial charge is 0.344 e. The zero-order valence-corrected chi connectivity index (χ0v) is 70.1. The molecule has 6 nitrogen and oxygen atoms in total. The Morgan fingerprint density at radius 2 is 0.328 bits per heavy atom. The van der Waals surface area contributed by atoms with Gasteiger partial charge < -0.3 is 27.4 Å². The molecule has 0 aliphatic carbocycles. The van der Waals surface area contributed by atoms with E-state index in [2.05, 4.69) is 508 Å². The number of fused-ring (bicyclic) bond motifs is 18. The van der Waals surface area contributed by atoms with Gasteiger partial charge in [0, 0.05) is 136 Å². The first-order valence-corrected chi connectivity index (χ1v) is 42.1. The molecule has 24 rings (SSSR count). The van der Waals surface area contributed by atoms with Crippen molar-refractivity contribution in [3.8, 4) is 50.4 Å². The molecule has 588 valence electrons. The minimum absolute atomic E-state index is 1.20. The monoisotopic (exact) mass is 1570 g/mol. The van der Waals surface area contributed by atoms with Gasteiger partial charge in [-0.3, -0.25) is 0 Å². The highest BCUT2D eigenvalue weighted by atomic mass is 15.0. The van der Waals surface area contributed by atoms with Crippen LogP contribution in [-0.2, 0) is 21.1 Å². The molecule has 0 saturated carbocycles. The van der Waals surface area contributed by atoms with Crippen molar-refractivity contribution in [2.45, 2.75) is 34.6 Å². The molecular formula is C116H94N6. The molecule has 0 unspecified atom stereocenters. The van der Waals surface area contributed by atoms with Crippen molar-refractivity contribution in [2.75, 3.05) is 0 Å². The topological polar surface area (TPSA) is 29.6 Å². The average molecular weight is 1570 g/mol. The summed E-state index contributed by atoms with van der Waals surface area (Å²) in [4.78, 5) is 0. The first kappa shape index (κ1) is 76.7.